The van der Waals surface area contributed by atoms with Gasteiger partial charge in [0.1, 0.15) is 0 Å². The van der Waals surface area contributed by atoms with E-state index in [9.17, 15) is 0 Å². The number of anilines is 1. The van der Waals surface area contributed by atoms with Gasteiger partial charge in [0.2, 0.25) is 0 Å². The fourth-order valence-corrected chi connectivity index (χ4v) is 3.94. The zero-order chi connectivity index (χ0) is 12.4. The number of fused-ring (bicyclic) bond motifs is 1. The zero-order valence-corrected chi connectivity index (χ0v) is 11.6. The van der Waals surface area contributed by atoms with Gasteiger partial charge in [0.15, 0.2) is 0 Å². The molecule has 1 aliphatic carbocycles. The molecule has 3 heteroatoms. The molecule has 1 aromatic heterocycles. The van der Waals surface area contributed by atoms with E-state index in [1.807, 2.05) is 12.4 Å². The molecule has 0 aromatic carbocycles. The molecule has 0 bridgehead atoms. The van der Waals surface area contributed by atoms with Gasteiger partial charge in [-0.15, -0.1) is 11.6 Å². The van der Waals surface area contributed by atoms with Crippen molar-refractivity contribution in [3.8, 4) is 0 Å². The largest absolute Gasteiger partial charge is 0.367 e. The van der Waals surface area contributed by atoms with Crippen LogP contribution in [0.4, 0.5) is 5.69 Å². The highest BCUT2D eigenvalue weighted by molar-refractivity contribution is 6.17. The molecular formula is C15H21ClN2. The molecule has 0 radical (unpaired) electrons. The molecule has 0 spiro atoms. The molecule has 1 aliphatic heterocycles. The number of hydrogen-bond acceptors (Lipinski definition) is 2. The fraction of sp³-hybridized carbons (Fsp3) is 0.667. The Hall–Kier alpha value is -0.760. The molecule has 0 N–H and O–H groups in total. The second kappa shape index (κ2) is 5.48. The first-order valence-corrected chi connectivity index (χ1v) is 7.69. The quantitative estimate of drug-likeness (QED) is 0.751. The van der Waals surface area contributed by atoms with Crippen LogP contribution in [-0.2, 0) is 5.88 Å². The molecule has 0 unspecified atom stereocenters. The average molecular weight is 265 g/mol. The summed E-state index contributed by atoms with van der Waals surface area (Å²) in [5, 5.41) is 0. The van der Waals surface area contributed by atoms with Gasteiger partial charge in [0, 0.05) is 24.7 Å². The Bertz CT molecular complexity index is 405. The second-order valence-electron chi connectivity index (χ2n) is 5.59. The maximum atomic E-state index is 6.07. The van der Waals surface area contributed by atoms with Gasteiger partial charge in [-0.2, -0.15) is 0 Å². The van der Waals surface area contributed by atoms with Crippen LogP contribution >= 0.6 is 11.6 Å². The molecule has 0 amide bonds. The van der Waals surface area contributed by atoms with E-state index in [-0.39, 0.29) is 0 Å². The Morgan fingerprint density at radius 3 is 2.94 bits per heavy atom. The highest BCUT2D eigenvalue weighted by atomic mass is 35.5. The van der Waals surface area contributed by atoms with Crippen molar-refractivity contribution in [2.45, 2.75) is 50.4 Å². The van der Waals surface area contributed by atoms with Crippen LogP contribution in [0, 0.1) is 5.92 Å². The standard InChI is InChI=1S/C15H21ClN2/c16-10-13-7-8-17-11-15(13)18-9-3-5-12-4-1-2-6-14(12)18/h7-8,11-12,14H,1-6,9-10H2/t12-,14-/m1/s1. The monoisotopic (exact) mass is 264 g/mol. The van der Waals surface area contributed by atoms with Crippen LogP contribution in [0.25, 0.3) is 0 Å². The van der Waals surface area contributed by atoms with Gasteiger partial charge >= 0.3 is 0 Å². The first-order chi connectivity index (χ1) is 8.90. The van der Waals surface area contributed by atoms with Gasteiger partial charge in [0.25, 0.3) is 0 Å². The predicted octanol–water partition coefficient (Wildman–Crippen LogP) is 3.98. The van der Waals surface area contributed by atoms with E-state index in [1.54, 1.807) is 0 Å². The highest BCUT2D eigenvalue weighted by Crippen LogP contribution is 2.38. The summed E-state index contributed by atoms with van der Waals surface area (Å²) in [5.74, 6) is 1.49. The normalized spacial score (nSPS) is 27.9. The van der Waals surface area contributed by atoms with Crippen molar-refractivity contribution >= 4 is 17.3 Å². The fourth-order valence-electron chi connectivity index (χ4n) is 3.71. The average Bonchev–Trinajstić information content (AvgIpc) is 2.46. The van der Waals surface area contributed by atoms with E-state index >= 15 is 0 Å². The smallest absolute Gasteiger partial charge is 0.0600 e. The number of aromatic nitrogens is 1. The van der Waals surface area contributed by atoms with E-state index in [1.165, 1.54) is 56.3 Å². The SMILES string of the molecule is ClCc1ccncc1N1CCC[C@H]2CCCC[C@H]21. The summed E-state index contributed by atoms with van der Waals surface area (Å²) in [6.07, 6.45) is 12.2. The Balaban J connectivity index is 1.89. The van der Waals surface area contributed by atoms with E-state index in [4.69, 9.17) is 11.6 Å². The molecule has 2 atom stereocenters. The van der Waals surface area contributed by atoms with Crippen LogP contribution in [0.15, 0.2) is 18.5 Å². The Morgan fingerprint density at radius 1 is 1.22 bits per heavy atom. The van der Waals surface area contributed by atoms with Crippen LogP contribution in [-0.4, -0.2) is 17.6 Å². The van der Waals surface area contributed by atoms with Crippen molar-refractivity contribution in [1.29, 1.82) is 0 Å². The van der Waals surface area contributed by atoms with Crippen LogP contribution < -0.4 is 4.90 Å². The maximum Gasteiger partial charge on any atom is 0.0600 e. The summed E-state index contributed by atoms with van der Waals surface area (Å²) in [7, 11) is 0. The second-order valence-corrected chi connectivity index (χ2v) is 5.85. The molecule has 2 heterocycles. The molecule has 2 fully saturated rings. The summed E-state index contributed by atoms with van der Waals surface area (Å²) in [4.78, 5) is 6.90. The molecular weight excluding hydrogens is 244 g/mol. The summed E-state index contributed by atoms with van der Waals surface area (Å²) in [5.41, 5.74) is 2.52. The highest BCUT2D eigenvalue weighted by Gasteiger charge is 2.33. The molecule has 1 aromatic rings. The first kappa shape index (κ1) is 12.3. The minimum absolute atomic E-state index is 0.589. The third-order valence-corrected chi connectivity index (χ3v) is 4.87. The Morgan fingerprint density at radius 2 is 2.06 bits per heavy atom. The number of hydrogen-bond donors (Lipinski definition) is 0. The molecule has 1 saturated heterocycles. The Kier molecular flexibility index (Phi) is 3.74. The van der Waals surface area contributed by atoms with Gasteiger partial charge in [-0.3, -0.25) is 4.98 Å². The molecule has 2 aliphatic rings. The van der Waals surface area contributed by atoms with Crippen LogP contribution in [0.3, 0.4) is 0 Å². The van der Waals surface area contributed by atoms with E-state index in [2.05, 4.69) is 16.0 Å². The van der Waals surface area contributed by atoms with Gasteiger partial charge in [-0.05, 0) is 43.2 Å². The molecule has 1 saturated carbocycles. The maximum absolute atomic E-state index is 6.07. The number of alkyl halides is 1. The van der Waals surface area contributed by atoms with Crippen molar-refractivity contribution in [1.82, 2.24) is 4.98 Å². The lowest BCUT2D eigenvalue weighted by atomic mass is 9.78. The zero-order valence-electron chi connectivity index (χ0n) is 10.8. The van der Waals surface area contributed by atoms with Crippen LogP contribution in [0.5, 0.6) is 0 Å². The van der Waals surface area contributed by atoms with E-state index < -0.39 is 0 Å². The van der Waals surface area contributed by atoms with E-state index in [0.29, 0.717) is 5.88 Å². The van der Waals surface area contributed by atoms with Crippen molar-refractivity contribution in [2.75, 3.05) is 11.4 Å². The molecule has 18 heavy (non-hydrogen) atoms. The third kappa shape index (κ3) is 2.23. The van der Waals surface area contributed by atoms with Crippen molar-refractivity contribution in [2.24, 2.45) is 5.92 Å². The predicted molar refractivity (Wildman–Crippen MR) is 76.1 cm³/mol. The lowest BCUT2D eigenvalue weighted by Gasteiger charge is -2.45. The van der Waals surface area contributed by atoms with Crippen LogP contribution in [0.2, 0.25) is 0 Å². The lowest BCUT2D eigenvalue weighted by molar-refractivity contribution is 0.243. The summed E-state index contributed by atoms with van der Waals surface area (Å²) >= 11 is 6.07. The first-order valence-electron chi connectivity index (χ1n) is 7.15. The number of piperidine rings is 1. The van der Waals surface area contributed by atoms with Gasteiger partial charge in [-0.25, -0.2) is 0 Å². The minimum atomic E-state index is 0.589. The summed E-state index contributed by atoms with van der Waals surface area (Å²) in [6, 6.07) is 2.80. The summed E-state index contributed by atoms with van der Waals surface area (Å²) in [6.45, 7) is 1.18. The van der Waals surface area contributed by atoms with Crippen LogP contribution in [0.1, 0.15) is 44.1 Å². The third-order valence-electron chi connectivity index (χ3n) is 4.58. The van der Waals surface area contributed by atoms with E-state index in [0.717, 1.165) is 12.0 Å². The van der Waals surface area contributed by atoms with Crippen molar-refractivity contribution in [3.05, 3.63) is 24.0 Å². The minimum Gasteiger partial charge on any atom is -0.367 e. The topological polar surface area (TPSA) is 16.1 Å². The number of nitrogens with zero attached hydrogens (tertiary/aromatic N) is 2. The summed E-state index contributed by atoms with van der Waals surface area (Å²) < 4.78 is 0. The number of pyridine rings is 1. The molecule has 98 valence electrons. The number of rotatable bonds is 2. The molecule has 2 nitrogen and oxygen atoms in total. The number of halogens is 1. The van der Waals surface area contributed by atoms with Gasteiger partial charge in [0.05, 0.1) is 11.9 Å². The van der Waals surface area contributed by atoms with Crippen molar-refractivity contribution < 1.29 is 0 Å². The van der Waals surface area contributed by atoms with Gasteiger partial charge in [-0.1, -0.05) is 12.8 Å². The van der Waals surface area contributed by atoms with Crippen molar-refractivity contribution in [3.63, 3.8) is 0 Å². The van der Waals surface area contributed by atoms with Gasteiger partial charge < -0.3 is 4.90 Å². The lowest BCUT2D eigenvalue weighted by Crippen LogP contribution is -2.47. The Labute approximate surface area is 114 Å². The molecule has 3 rings (SSSR count).